The first-order valence-electron chi connectivity index (χ1n) is 4.90. The van der Waals surface area contributed by atoms with Crippen molar-refractivity contribution in [2.45, 2.75) is 0 Å². The van der Waals surface area contributed by atoms with Gasteiger partial charge in [-0.05, 0) is 12.1 Å². The fourth-order valence-electron chi connectivity index (χ4n) is 1.43. The second-order valence-corrected chi connectivity index (χ2v) is 6.22. The van der Waals surface area contributed by atoms with Gasteiger partial charge in [0.15, 0.2) is 5.75 Å². The molecule has 1 heterocycles. The van der Waals surface area contributed by atoms with Crippen LogP contribution in [0.5, 0.6) is 5.75 Å². The van der Waals surface area contributed by atoms with Crippen LogP contribution in [-0.4, -0.2) is 19.7 Å². The van der Waals surface area contributed by atoms with Crippen molar-refractivity contribution in [3.63, 3.8) is 0 Å². The highest BCUT2D eigenvalue weighted by atomic mass is 31.3. The minimum Gasteiger partial charge on any atom is -0.402 e. The lowest BCUT2D eigenvalue weighted by molar-refractivity contribution is 0.230. The Morgan fingerprint density at radius 1 is 1.05 bits per heavy atom. The molecule has 102 valence electrons. The maximum atomic E-state index is 11.4. The highest BCUT2D eigenvalue weighted by Crippen LogP contribution is 2.57. The monoisotopic (exact) mass is 305 g/mol. The van der Waals surface area contributed by atoms with E-state index in [-0.39, 0.29) is 11.3 Å². The van der Waals surface area contributed by atoms with Crippen LogP contribution in [0.4, 0.5) is 0 Å². The van der Waals surface area contributed by atoms with Crippen molar-refractivity contribution in [2.24, 2.45) is 0 Å². The van der Waals surface area contributed by atoms with Gasteiger partial charge in [0, 0.05) is 11.6 Å². The Bertz CT molecular complexity index is 693. The van der Waals surface area contributed by atoms with Gasteiger partial charge in [0.2, 0.25) is 0 Å². The molecule has 1 aromatic carbocycles. The Morgan fingerprint density at radius 2 is 1.74 bits per heavy atom. The van der Waals surface area contributed by atoms with Gasteiger partial charge < -0.3 is 14.3 Å². The lowest BCUT2D eigenvalue weighted by Crippen LogP contribution is -1.97. The molecule has 1 aromatic heterocycles. The second kappa shape index (κ2) is 5.02. The van der Waals surface area contributed by atoms with Crippen LogP contribution >= 0.6 is 15.6 Å². The number of hydrogen-bond donors (Lipinski definition) is 3. The Hall–Kier alpha value is -1.27. The van der Waals surface area contributed by atoms with Crippen LogP contribution in [-0.2, 0) is 13.4 Å². The number of pyridine rings is 1. The normalized spacial score (nSPS) is 15.1. The molecule has 0 radical (unpaired) electrons. The third kappa shape index (κ3) is 3.84. The summed E-state index contributed by atoms with van der Waals surface area (Å²) in [4.78, 5) is 30.2. The van der Waals surface area contributed by atoms with Crippen molar-refractivity contribution in [1.82, 2.24) is 4.98 Å². The van der Waals surface area contributed by atoms with E-state index in [2.05, 4.69) is 13.8 Å². The van der Waals surface area contributed by atoms with E-state index in [0.29, 0.717) is 5.39 Å². The van der Waals surface area contributed by atoms with Crippen molar-refractivity contribution in [1.29, 1.82) is 0 Å². The third-order valence-electron chi connectivity index (χ3n) is 2.02. The Balaban J connectivity index is 2.36. The molecule has 0 fully saturated rings. The molecule has 0 saturated carbocycles. The van der Waals surface area contributed by atoms with E-state index in [1.165, 1.54) is 18.3 Å². The standard InChI is InChI=1S/C9H9NO7P2/c11-18(12,13)17-19(14,15)16-8-5-1-3-7-4-2-6-10-9(7)8/h1-6H,(H,14,15)(H2,11,12,13). The molecule has 10 heteroatoms. The first-order valence-corrected chi connectivity index (χ1v) is 7.92. The highest BCUT2D eigenvalue weighted by molar-refractivity contribution is 7.60. The fraction of sp³-hybridized carbons (Fsp3) is 0. The summed E-state index contributed by atoms with van der Waals surface area (Å²) in [6.45, 7) is 0. The van der Waals surface area contributed by atoms with Crippen LogP contribution < -0.4 is 4.52 Å². The zero-order chi connectivity index (χ0) is 14.1. The summed E-state index contributed by atoms with van der Waals surface area (Å²) in [5.41, 5.74) is 0.272. The molecular formula is C9H9NO7P2. The summed E-state index contributed by atoms with van der Waals surface area (Å²) in [6, 6.07) is 7.93. The lowest BCUT2D eigenvalue weighted by atomic mass is 10.2. The van der Waals surface area contributed by atoms with Crippen LogP contribution in [0.25, 0.3) is 10.9 Å². The molecule has 0 bridgehead atoms. The van der Waals surface area contributed by atoms with Gasteiger partial charge in [0.25, 0.3) is 0 Å². The number of fused-ring (bicyclic) bond motifs is 1. The topological polar surface area (TPSA) is 126 Å². The van der Waals surface area contributed by atoms with Crippen molar-refractivity contribution < 1.29 is 32.6 Å². The van der Waals surface area contributed by atoms with Crippen molar-refractivity contribution in [2.75, 3.05) is 0 Å². The quantitative estimate of drug-likeness (QED) is 0.730. The van der Waals surface area contributed by atoms with Crippen LogP contribution in [0.1, 0.15) is 0 Å². The smallest absolute Gasteiger partial charge is 0.402 e. The molecule has 8 nitrogen and oxygen atoms in total. The summed E-state index contributed by atoms with van der Waals surface area (Å²) in [5.74, 6) is -0.114. The van der Waals surface area contributed by atoms with E-state index in [1.807, 2.05) is 0 Å². The average molecular weight is 305 g/mol. The van der Waals surface area contributed by atoms with Gasteiger partial charge in [0.05, 0.1) is 0 Å². The predicted octanol–water partition coefficient (Wildman–Crippen LogP) is 1.82. The zero-order valence-corrected chi connectivity index (χ0v) is 11.1. The van der Waals surface area contributed by atoms with Gasteiger partial charge in [-0.2, -0.15) is 4.31 Å². The molecule has 0 spiro atoms. The maximum Gasteiger partial charge on any atom is 0.536 e. The minimum atomic E-state index is -5.14. The summed E-state index contributed by atoms with van der Waals surface area (Å²) in [7, 11) is -10.1. The molecule has 2 rings (SSSR count). The van der Waals surface area contributed by atoms with Gasteiger partial charge in [0.1, 0.15) is 5.52 Å². The van der Waals surface area contributed by atoms with Crippen molar-refractivity contribution in [3.05, 3.63) is 36.5 Å². The molecule has 2 aromatic rings. The number of phosphoric acid groups is 2. The van der Waals surface area contributed by atoms with Crippen molar-refractivity contribution >= 4 is 26.5 Å². The molecule has 0 aliphatic heterocycles. The van der Waals surface area contributed by atoms with E-state index in [0.717, 1.165) is 0 Å². The number of aromatic nitrogens is 1. The summed E-state index contributed by atoms with van der Waals surface area (Å²) in [5, 5.41) is 0.635. The molecule has 0 aliphatic carbocycles. The van der Waals surface area contributed by atoms with Gasteiger partial charge >= 0.3 is 15.6 Å². The number of nitrogens with zero attached hydrogens (tertiary/aromatic N) is 1. The van der Waals surface area contributed by atoms with Gasteiger partial charge in [-0.3, -0.25) is 9.88 Å². The Morgan fingerprint density at radius 3 is 2.42 bits per heavy atom. The molecular weight excluding hydrogens is 296 g/mol. The van der Waals surface area contributed by atoms with E-state index in [1.54, 1.807) is 18.2 Å². The SMILES string of the molecule is O=P(O)(O)OP(=O)(O)Oc1cccc2cccnc12. The number of phosphoric ester groups is 1. The van der Waals surface area contributed by atoms with E-state index in [9.17, 15) is 14.0 Å². The van der Waals surface area contributed by atoms with Crippen LogP contribution in [0, 0.1) is 0 Å². The first-order chi connectivity index (χ1) is 8.77. The van der Waals surface area contributed by atoms with Crippen LogP contribution in [0.15, 0.2) is 36.5 Å². The molecule has 0 saturated heterocycles. The van der Waals surface area contributed by atoms with Crippen LogP contribution in [0.3, 0.4) is 0 Å². The Kier molecular flexibility index (Phi) is 3.73. The first kappa shape index (κ1) is 14.1. The second-order valence-electron chi connectivity index (χ2n) is 3.46. The lowest BCUT2D eigenvalue weighted by Gasteiger charge is -2.14. The van der Waals surface area contributed by atoms with Gasteiger partial charge in [-0.15, -0.1) is 0 Å². The molecule has 1 unspecified atom stereocenters. The Labute approximate surface area is 107 Å². The third-order valence-corrected chi connectivity index (χ3v) is 4.12. The van der Waals surface area contributed by atoms with E-state index < -0.39 is 15.6 Å². The van der Waals surface area contributed by atoms with E-state index in [4.69, 9.17) is 9.79 Å². The average Bonchev–Trinajstić information content (AvgIpc) is 2.25. The molecule has 1 atom stereocenters. The largest absolute Gasteiger partial charge is 0.536 e. The van der Waals surface area contributed by atoms with Crippen molar-refractivity contribution in [3.8, 4) is 5.75 Å². The summed E-state index contributed by atoms with van der Waals surface area (Å²) in [6.07, 6.45) is 1.45. The molecule has 3 N–H and O–H groups in total. The summed E-state index contributed by atoms with van der Waals surface area (Å²) >= 11 is 0. The van der Waals surface area contributed by atoms with Gasteiger partial charge in [-0.1, -0.05) is 18.2 Å². The van der Waals surface area contributed by atoms with Crippen LogP contribution in [0.2, 0.25) is 0 Å². The number of rotatable bonds is 4. The molecule has 19 heavy (non-hydrogen) atoms. The fourth-order valence-corrected chi connectivity index (χ4v) is 3.03. The number of benzene rings is 1. The number of para-hydroxylation sites is 1. The summed E-state index contributed by atoms with van der Waals surface area (Å²) < 4.78 is 30.3. The molecule has 0 amide bonds. The maximum absolute atomic E-state index is 11.4. The van der Waals surface area contributed by atoms with Gasteiger partial charge in [-0.25, -0.2) is 9.13 Å². The minimum absolute atomic E-state index is 0.114. The number of hydrogen-bond acceptors (Lipinski definition) is 5. The van der Waals surface area contributed by atoms with E-state index >= 15 is 0 Å². The zero-order valence-electron chi connectivity index (χ0n) is 9.28. The highest BCUT2D eigenvalue weighted by Gasteiger charge is 2.34. The molecule has 0 aliphatic rings. The predicted molar refractivity (Wildman–Crippen MR) is 65.3 cm³/mol.